The lowest BCUT2D eigenvalue weighted by molar-refractivity contribution is -0.189. The van der Waals surface area contributed by atoms with Gasteiger partial charge in [-0.25, -0.2) is 0 Å². The van der Waals surface area contributed by atoms with Crippen molar-refractivity contribution < 1.29 is 43.7 Å². The van der Waals surface area contributed by atoms with E-state index >= 15 is 0 Å². The van der Waals surface area contributed by atoms with Gasteiger partial charge in [-0.15, -0.1) is 0 Å². The second kappa shape index (κ2) is 7.02. The molecule has 0 N–H and O–H groups in total. The summed E-state index contributed by atoms with van der Waals surface area (Å²) in [6.45, 7) is 3.65. The lowest BCUT2D eigenvalue weighted by Gasteiger charge is -2.57. The zero-order chi connectivity index (χ0) is 23.9. The number of carbonyl (C=O) groups excluding carboxylic acids is 1. The average molecular weight is 489 g/mol. The molecule has 0 radical (unpaired) electrons. The van der Waals surface area contributed by atoms with E-state index in [-0.39, 0.29) is 30.1 Å². The van der Waals surface area contributed by atoms with Gasteiger partial charge in [0.15, 0.2) is 0 Å². The predicted molar refractivity (Wildman–Crippen MR) is 100 cm³/mol. The highest BCUT2D eigenvalue weighted by Crippen LogP contribution is 2.65. The Kier molecular flexibility index (Phi) is 5.20. The van der Waals surface area contributed by atoms with E-state index < -0.39 is 44.6 Å². The number of fused-ring (bicyclic) bond motifs is 5. The van der Waals surface area contributed by atoms with Crippen molar-refractivity contribution in [3.05, 3.63) is 11.8 Å². The summed E-state index contributed by atoms with van der Waals surface area (Å²) in [6.07, 6.45) is -0.935. The maximum absolute atomic E-state index is 13.1. The van der Waals surface area contributed by atoms with Gasteiger partial charge in [0.2, 0.25) is 0 Å². The van der Waals surface area contributed by atoms with Gasteiger partial charge in [0.1, 0.15) is 5.76 Å². The summed E-state index contributed by atoms with van der Waals surface area (Å²) in [5.74, 6) is -2.17. The molecule has 6 atom stereocenters. The molecule has 3 aliphatic carbocycles. The van der Waals surface area contributed by atoms with Crippen LogP contribution in [0, 0.1) is 28.6 Å². The number of hydrogen-bond donors (Lipinski definition) is 0. The molecule has 1 amide bonds. The first kappa shape index (κ1) is 23.7. The molecular formula is C20H25F6NO4S. The van der Waals surface area contributed by atoms with E-state index in [1.54, 1.807) is 6.92 Å². The Hall–Kier alpha value is -1.46. The fraction of sp³-hybridized carbons (Fsp3) is 0.850. The summed E-state index contributed by atoms with van der Waals surface area (Å²) in [4.78, 5) is 12.9. The number of rotatable bonds is 2. The van der Waals surface area contributed by atoms with Gasteiger partial charge in [0, 0.05) is 18.0 Å². The van der Waals surface area contributed by atoms with Crippen LogP contribution in [0.3, 0.4) is 0 Å². The molecule has 1 heterocycles. The number of allylic oxidation sites excluding steroid dienone is 2. The van der Waals surface area contributed by atoms with Gasteiger partial charge in [-0.05, 0) is 67.8 Å². The van der Waals surface area contributed by atoms with Crippen molar-refractivity contribution in [1.82, 2.24) is 4.90 Å². The number of carbonyl (C=O) groups is 1. The second-order valence-corrected chi connectivity index (χ2v) is 11.5. The topological polar surface area (TPSA) is 63.7 Å². The summed E-state index contributed by atoms with van der Waals surface area (Å²) in [7, 11) is -5.78. The molecule has 0 aromatic rings. The van der Waals surface area contributed by atoms with E-state index in [4.69, 9.17) is 0 Å². The van der Waals surface area contributed by atoms with Crippen LogP contribution in [0.1, 0.15) is 52.4 Å². The maximum Gasteiger partial charge on any atom is 0.534 e. The first-order valence-electron chi connectivity index (χ1n) is 10.6. The minimum atomic E-state index is -5.78. The Bertz CT molecular complexity index is 945. The number of alkyl halides is 6. The van der Waals surface area contributed by atoms with Crippen molar-refractivity contribution in [2.75, 3.05) is 6.54 Å². The van der Waals surface area contributed by atoms with E-state index in [1.807, 2.05) is 6.92 Å². The molecular weight excluding hydrogens is 464 g/mol. The highest BCUT2D eigenvalue weighted by molar-refractivity contribution is 7.87. The van der Waals surface area contributed by atoms with Crippen LogP contribution in [-0.2, 0) is 19.1 Å². The van der Waals surface area contributed by atoms with Gasteiger partial charge in [-0.2, -0.15) is 34.8 Å². The van der Waals surface area contributed by atoms with Gasteiger partial charge in [-0.1, -0.05) is 13.8 Å². The third kappa shape index (κ3) is 3.34. The average Bonchev–Trinajstić information content (AvgIpc) is 3.16. The lowest BCUT2D eigenvalue weighted by atomic mass is 9.49. The SMILES string of the molecule is C[C@]12CCN(C(=O)C(F)(F)F)C1CC[C@@H]1[C@@H]2CC[C@]2(C)C(OS(=O)(=O)C(F)(F)F)=CC[C@@H]12. The minimum absolute atomic E-state index is 0.00174. The number of hydrogen-bond acceptors (Lipinski definition) is 4. The van der Waals surface area contributed by atoms with E-state index in [0.29, 0.717) is 38.5 Å². The molecule has 4 rings (SSSR count). The smallest absolute Gasteiger partial charge is 0.380 e. The Morgan fingerprint density at radius 2 is 1.72 bits per heavy atom. The molecule has 0 bridgehead atoms. The van der Waals surface area contributed by atoms with Crippen molar-refractivity contribution in [3.63, 3.8) is 0 Å². The molecule has 4 aliphatic rings. The van der Waals surface area contributed by atoms with Crippen molar-refractivity contribution in [2.45, 2.75) is 70.1 Å². The minimum Gasteiger partial charge on any atom is -0.380 e. The van der Waals surface area contributed by atoms with Gasteiger partial charge < -0.3 is 9.08 Å². The number of amides is 1. The number of likely N-dealkylation sites (tertiary alicyclic amines) is 1. The fourth-order valence-electron chi connectivity index (χ4n) is 7.05. The van der Waals surface area contributed by atoms with Crippen molar-refractivity contribution in [3.8, 4) is 0 Å². The molecule has 1 unspecified atom stereocenters. The standard InChI is InChI=1S/C20H25F6NO4S/c1-17-9-10-27(16(28)19(21,22)23)14(17)5-3-11-12-4-6-15(18(12,2)8-7-13(11)17)31-32(29,30)20(24,25)26/h6,11-14H,3-5,7-10H2,1-2H3/t11-,12-,13-,14?,17+,18-/m0/s1. The molecule has 32 heavy (non-hydrogen) atoms. The first-order valence-corrected chi connectivity index (χ1v) is 12.0. The molecule has 0 spiro atoms. The Morgan fingerprint density at radius 3 is 2.31 bits per heavy atom. The van der Waals surface area contributed by atoms with Gasteiger partial charge in [0.05, 0.1) is 0 Å². The Morgan fingerprint density at radius 1 is 1.06 bits per heavy atom. The number of nitrogens with zero attached hydrogens (tertiary/aromatic N) is 1. The van der Waals surface area contributed by atoms with Gasteiger partial charge in [-0.3, -0.25) is 4.79 Å². The monoisotopic (exact) mass is 489 g/mol. The van der Waals surface area contributed by atoms with Crippen LogP contribution in [0.4, 0.5) is 26.3 Å². The van der Waals surface area contributed by atoms with Crippen LogP contribution < -0.4 is 0 Å². The fourth-order valence-corrected chi connectivity index (χ4v) is 7.63. The molecule has 5 nitrogen and oxygen atoms in total. The van der Waals surface area contributed by atoms with Crippen molar-refractivity contribution >= 4 is 16.0 Å². The highest BCUT2D eigenvalue weighted by Gasteiger charge is 2.63. The van der Waals surface area contributed by atoms with E-state index in [1.165, 1.54) is 6.08 Å². The summed E-state index contributed by atoms with van der Waals surface area (Å²) in [6, 6.07) is -0.530. The normalized spacial score (nSPS) is 39.8. The van der Waals surface area contributed by atoms with Crippen LogP contribution in [0.25, 0.3) is 0 Å². The van der Waals surface area contributed by atoms with Crippen LogP contribution in [-0.4, -0.2) is 43.5 Å². The van der Waals surface area contributed by atoms with Gasteiger partial charge >= 0.3 is 27.7 Å². The van der Waals surface area contributed by atoms with Crippen molar-refractivity contribution in [1.29, 1.82) is 0 Å². The van der Waals surface area contributed by atoms with Gasteiger partial charge in [0.25, 0.3) is 0 Å². The summed E-state index contributed by atoms with van der Waals surface area (Å²) in [5, 5.41) is 0. The third-order valence-corrected chi connectivity index (χ3v) is 9.55. The largest absolute Gasteiger partial charge is 0.534 e. The zero-order valence-corrected chi connectivity index (χ0v) is 18.4. The molecule has 12 heteroatoms. The van der Waals surface area contributed by atoms with Crippen molar-refractivity contribution in [2.24, 2.45) is 28.6 Å². The van der Waals surface area contributed by atoms with Crippen LogP contribution in [0.2, 0.25) is 0 Å². The van der Waals surface area contributed by atoms with E-state index in [9.17, 15) is 39.6 Å². The summed E-state index contributed by atoms with van der Waals surface area (Å²) >= 11 is 0. The molecule has 0 aromatic carbocycles. The molecule has 182 valence electrons. The molecule has 1 aliphatic heterocycles. The summed E-state index contributed by atoms with van der Waals surface area (Å²) < 4.78 is 105. The van der Waals surface area contributed by atoms with Crippen LogP contribution in [0.15, 0.2) is 11.8 Å². The summed E-state index contributed by atoms with van der Waals surface area (Å²) in [5.41, 5.74) is -6.93. The molecule has 2 saturated carbocycles. The predicted octanol–water partition coefficient (Wildman–Crippen LogP) is 4.75. The quantitative estimate of drug-likeness (QED) is 0.319. The highest BCUT2D eigenvalue weighted by atomic mass is 32.2. The molecule has 3 fully saturated rings. The van der Waals surface area contributed by atoms with E-state index in [0.717, 1.165) is 4.90 Å². The Balaban J connectivity index is 1.56. The maximum atomic E-state index is 13.1. The first-order chi connectivity index (χ1) is 14.5. The third-order valence-electron chi connectivity index (χ3n) is 8.58. The lowest BCUT2D eigenvalue weighted by Crippen LogP contribution is -2.56. The Labute approximate surface area is 182 Å². The zero-order valence-electron chi connectivity index (χ0n) is 17.6. The van der Waals surface area contributed by atoms with E-state index in [2.05, 4.69) is 4.18 Å². The molecule has 0 aromatic heterocycles. The van der Waals surface area contributed by atoms with Crippen LogP contribution in [0.5, 0.6) is 0 Å². The number of halogens is 6. The second-order valence-electron chi connectivity index (χ2n) is 9.97. The molecule has 1 saturated heterocycles. The van der Waals surface area contributed by atoms with Crippen LogP contribution >= 0.6 is 0 Å².